The quantitative estimate of drug-likeness (QED) is 0.610. The van der Waals surface area contributed by atoms with Gasteiger partial charge in [0.05, 0.1) is 5.69 Å². The average Bonchev–Trinajstić information content (AvgIpc) is 3.27. The average molecular weight is 429 g/mol. The number of aromatic nitrogens is 1. The number of alkyl carbamates (subject to hydrolysis) is 1. The lowest BCUT2D eigenvalue weighted by Gasteiger charge is -2.17. The van der Waals surface area contributed by atoms with Gasteiger partial charge in [0, 0.05) is 17.7 Å². The Balaban J connectivity index is 1.43. The Hall–Kier alpha value is -2.90. The van der Waals surface area contributed by atoms with Crippen LogP contribution in [0.5, 0.6) is 0 Å². The first kappa shape index (κ1) is 19.4. The topological polar surface area (TPSA) is 88.5 Å². The van der Waals surface area contributed by atoms with Gasteiger partial charge in [-0.15, -0.1) is 11.3 Å². The van der Waals surface area contributed by atoms with E-state index in [0.717, 1.165) is 22.3 Å². The van der Waals surface area contributed by atoms with Gasteiger partial charge in [0.2, 0.25) is 0 Å². The second-order valence-corrected chi connectivity index (χ2v) is 8.10. The molecule has 4 rings (SSSR count). The molecule has 148 valence electrons. The van der Waals surface area contributed by atoms with Gasteiger partial charge in [0.15, 0.2) is 4.47 Å². The maximum atomic E-state index is 12.3. The molecule has 1 amide bonds. The number of fused-ring (bicyclic) bond motifs is 3. The van der Waals surface area contributed by atoms with Crippen molar-refractivity contribution in [3.63, 3.8) is 0 Å². The number of halogens is 1. The number of rotatable bonds is 6. The van der Waals surface area contributed by atoms with Gasteiger partial charge in [-0.1, -0.05) is 60.1 Å². The number of thiazole rings is 1. The highest BCUT2D eigenvalue weighted by Gasteiger charge is 2.30. The first-order chi connectivity index (χ1) is 14.0. The molecule has 1 heterocycles. The lowest BCUT2D eigenvalue weighted by Crippen LogP contribution is -2.43. The standard InChI is InChI=1S/C21H17ClN2O4S/c22-20-23-12(11-29-20)9-18(19(25)26)24-21(27)28-10-17-15-7-3-1-5-13(15)14-6-2-4-8-16(14)17/h1-8,11,17-18H,9-10H2,(H,24,27)(H,25,26). The van der Waals surface area contributed by atoms with Gasteiger partial charge in [-0.3, -0.25) is 0 Å². The summed E-state index contributed by atoms with van der Waals surface area (Å²) >= 11 is 6.99. The van der Waals surface area contributed by atoms with Crippen LogP contribution in [-0.2, 0) is 16.0 Å². The molecule has 1 aliphatic carbocycles. The summed E-state index contributed by atoms with van der Waals surface area (Å²) in [7, 11) is 0. The third-order valence-electron chi connectivity index (χ3n) is 4.87. The molecule has 6 nitrogen and oxygen atoms in total. The minimum atomic E-state index is -1.16. The van der Waals surface area contributed by atoms with E-state index in [1.165, 1.54) is 11.3 Å². The summed E-state index contributed by atoms with van der Waals surface area (Å²) in [5.74, 6) is -1.25. The summed E-state index contributed by atoms with van der Waals surface area (Å²) in [4.78, 5) is 27.8. The molecular weight excluding hydrogens is 412 g/mol. The van der Waals surface area contributed by atoms with Crippen LogP contribution < -0.4 is 5.32 Å². The van der Waals surface area contributed by atoms with Gasteiger partial charge in [-0.2, -0.15) is 0 Å². The number of nitrogens with zero attached hydrogens (tertiary/aromatic N) is 1. The molecule has 2 N–H and O–H groups in total. The van der Waals surface area contributed by atoms with Crippen LogP contribution in [0.1, 0.15) is 22.7 Å². The number of nitrogens with one attached hydrogen (secondary N) is 1. The molecule has 1 unspecified atom stereocenters. The smallest absolute Gasteiger partial charge is 0.407 e. The summed E-state index contributed by atoms with van der Waals surface area (Å²) in [6.07, 6.45) is -0.747. The summed E-state index contributed by atoms with van der Waals surface area (Å²) in [6.45, 7) is 0.120. The Bertz CT molecular complexity index is 1020. The van der Waals surface area contributed by atoms with E-state index in [4.69, 9.17) is 16.3 Å². The molecule has 0 saturated carbocycles. The molecule has 0 fully saturated rings. The van der Waals surface area contributed by atoms with Gasteiger partial charge in [0.25, 0.3) is 0 Å². The van der Waals surface area contributed by atoms with Gasteiger partial charge < -0.3 is 15.2 Å². The summed E-state index contributed by atoms with van der Waals surface area (Å²) in [5, 5.41) is 13.5. The van der Waals surface area contributed by atoms with Crippen LogP contribution in [-0.4, -0.2) is 34.8 Å². The maximum Gasteiger partial charge on any atom is 0.407 e. The number of hydrogen-bond acceptors (Lipinski definition) is 5. The van der Waals surface area contributed by atoms with Crippen molar-refractivity contribution in [1.29, 1.82) is 0 Å². The molecule has 3 aromatic rings. The van der Waals surface area contributed by atoms with Crippen LogP contribution in [0.4, 0.5) is 4.79 Å². The Morgan fingerprint density at radius 1 is 1.14 bits per heavy atom. The Labute approximate surface area is 176 Å². The number of hydrogen-bond donors (Lipinski definition) is 2. The molecule has 0 radical (unpaired) electrons. The summed E-state index contributed by atoms with van der Waals surface area (Å²) in [6, 6.07) is 14.9. The van der Waals surface area contributed by atoms with Crippen molar-refractivity contribution in [3.8, 4) is 11.1 Å². The Morgan fingerprint density at radius 2 is 1.76 bits per heavy atom. The van der Waals surface area contributed by atoms with Crippen LogP contribution in [0.2, 0.25) is 4.47 Å². The predicted octanol–water partition coefficient (Wildman–Crippen LogP) is 4.33. The SMILES string of the molecule is O=C(NC(Cc1csc(Cl)n1)C(=O)O)OCC1c2ccccc2-c2ccccc21. The molecule has 0 aliphatic heterocycles. The number of aliphatic carboxylic acids is 1. The van der Waals surface area contributed by atoms with Crippen molar-refractivity contribution < 1.29 is 19.4 Å². The first-order valence-electron chi connectivity index (χ1n) is 8.97. The van der Waals surface area contributed by atoms with E-state index in [9.17, 15) is 14.7 Å². The van der Waals surface area contributed by atoms with E-state index < -0.39 is 18.1 Å². The fourth-order valence-corrected chi connectivity index (χ4v) is 4.36. The number of ether oxygens (including phenoxy) is 1. The van der Waals surface area contributed by atoms with Crippen molar-refractivity contribution >= 4 is 35.0 Å². The Morgan fingerprint density at radius 3 is 2.31 bits per heavy atom. The third-order valence-corrected chi connectivity index (χ3v) is 5.90. The molecule has 1 aromatic heterocycles. The lowest BCUT2D eigenvalue weighted by atomic mass is 9.98. The monoisotopic (exact) mass is 428 g/mol. The van der Waals surface area contributed by atoms with Crippen molar-refractivity contribution in [2.45, 2.75) is 18.4 Å². The van der Waals surface area contributed by atoms with Gasteiger partial charge in [0.1, 0.15) is 12.6 Å². The zero-order chi connectivity index (χ0) is 20.4. The minimum absolute atomic E-state index is 0.0305. The van der Waals surface area contributed by atoms with E-state index in [-0.39, 0.29) is 18.9 Å². The van der Waals surface area contributed by atoms with Crippen molar-refractivity contribution in [1.82, 2.24) is 10.3 Å². The van der Waals surface area contributed by atoms with Crippen LogP contribution >= 0.6 is 22.9 Å². The zero-order valence-corrected chi connectivity index (χ0v) is 16.7. The number of amides is 1. The van der Waals surface area contributed by atoms with Crippen LogP contribution in [0, 0.1) is 0 Å². The van der Waals surface area contributed by atoms with E-state index in [1.807, 2.05) is 48.5 Å². The highest BCUT2D eigenvalue weighted by molar-refractivity contribution is 7.13. The molecule has 0 bridgehead atoms. The minimum Gasteiger partial charge on any atom is -0.480 e. The van der Waals surface area contributed by atoms with Crippen LogP contribution in [0.3, 0.4) is 0 Å². The molecule has 1 aliphatic rings. The number of carbonyl (C=O) groups excluding carboxylic acids is 1. The fraction of sp³-hybridized carbons (Fsp3) is 0.190. The molecule has 1 atom stereocenters. The van der Waals surface area contributed by atoms with Crippen molar-refractivity contribution in [2.24, 2.45) is 0 Å². The first-order valence-corrected chi connectivity index (χ1v) is 10.2. The van der Waals surface area contributed by atoms with E-state index in [2.05, 4.69) is 10.3 Å². The predicted molar refractivity (Wildman–Crippen MR) is 110 cm³/mol. The maximum absolute atomic E-state index is 12.3. The van der Waals surface area contributed by atoms with Gasteiger partial charge in [-0.05, 0) is 22.3 Å². The van der Waals surface area contributed by atoms with E-state index >= 15 is 0 Å². The normalized spacial score (nSPS) is 13.4. The largest absolute Gasteiger partial charge is 0.480 e. The third kappa shape index (κ3) is 4.11. The number of benzene rings is 2. The molecule has 0 spiro atoms. The zero-order valence-electron chi connectivity index (χ0n) is 15.2. The molecule has 2 aromatic carbocycles. The number of carboxylic acids is 1. The molecule has 0 saturated heterocycles. The fourth-order valence-electron chi connectivity index (χ4n) is 3.57. The molecular formula is C21H17ClN2O4S. The second-order valence-electron chi connectivity index (χ2n) is 6.66. The Kier molecular flexibility index (Phi) is 5.51. The summed E-state index contributed by atoms with van der Waals surface area (Å²) < 4.78 is 5.73. The van der Waals surface area contributed by atoms with Crippen LogP contribution in [0.25, 0.3) is 11.1 Å². The highest BCUT2D eigenvalue weighted by Crippen LogP contribution is 2.44. The van der Waals surface area contributed by atoms with Crippen molar-refractivity contribution in [3.05, 3.63) is 75.2 Å². The molecule has 29 heavy (non-hydrogen) atoms. The molecule has 8 heteroatoms. The van der Waals surface area contributed by atoms with Crippen molar-refractivity contribution in [2.75, 3.05) is 6.61 Å². The van der Waals surface area contributed by atoms with Crippen LogP contribution in [0.15, 0.2) is 53.9 Å². The lowest BCUT2D eigenvalue weighted by molar-refractivity contribution is -0.139. The summed E-state index contributed by atoms with van der Waals surface area (Å²) in [5.41, 5.74) is 4.94. The van der Waals surface area contributed by atoms with E-state index in [1.54, 1.807) is 5.38 Å². The number of carbonyl (C=O) groups is 2. The van der Waals surface area contributed by atoms with Gasteiger partial charge >= 0.3 is 12.1 Å². The number of carboxylic acid groups (broad SMARTS) is 1. The van der Waals surface area contributed by atoms with E-state index in [0.29, 0.717) is 10.2 Å². The highest BCUT2D eigenvalue weighted by atomic mass is 35.5. The van der Waals surface area contributed by atoms with Gasteiger partial charge in [-0.25, -0.2) is 14.6 Å². The second kappa shape index (κ2) is 8.23.